The number of aromatic nitrogens is 3. The number of thiophene rings is 2. The lowest BCUT2D eigenvalue weighted by Crippen LogP contribution is -2.02. The van der Waals surface area contributed by atoms with Crippen LogP contribution in [-0.2, 0) is 0 Å². The molecule has 3 nitrogen and oxygen atoms in total. The van der Waals surface area contributed by atoms with Crippen LogP contribution in [0.25, 0.3) is 119 Å². The third-order valence-electron chi connectivity index (χ3n) is 11.8. The minimum Gasteiger partial charge on any atom is -0.208 e. The highest BCUT2D eigenvalue weighted by molar-refractivity contribution is 7.26. The molecule has 290 valence electrons. The van der Waals surface area contributed by atoms with Crippen LogP contribution < -0.4 is 0 Å². The minimum absolute atomic E-state index is 0.623. The molecule has 12 aromatic rings. The van der Waals surface area contributed by atoms with Crippen molar-refractivity contribution in [3.63, 3.8) is 0 Å². The molecule has 0 N–H and O–H groups in total. The Labute approximate surface area is 366 Å². The highest BCUT2D eigenvalue weighted by Gasteiger charge is 2.23. The summed E-state index contributed by atoms with van der Waals surface area (Å²) in [6, 6.07) is 75.7. The van der Waals surface area contributed by atoms with Crippen molar-refractivity contribution in [2.75, 3.05) is 0 Å². The second-order valence-electron chi connectivity index (χ2n) is 15.5. The van der Waals surface area contributed by atoms with E-state index in [1.807, 2.05) is 0 Å². The van der Waals surface area contributed by atoms with Gasteiger partial charge >= 0.3 is 0 Å². The normalized spacial score (nSPS) is 11.5. The molecule has 0 aliphatic heterocycles. The maximum absolute atomic E-state index is 5.55. The van der Waals surface area contributed by atoms with Crippen LogP contribution in [0.15, 0.2) is 212 Å². The number of fused-ring (bicyclic) bond motifs is 6. The number of nitrogens with zero attached hydrogens (tertiary/aromatic N) is 3. The van der Waals surface area contributed by atoms with Crippen LogP contribution in [0, 0.1) is 0 Å². The molecule has 0 amide bonds. The molecule has 0 fully saturated rings. The summed E-state index contributed by atoms with van der Waals surface area (Å²) in [7, 11) is 0. The summed E-state index contributed by atoms with van der Waals surface area (Å²) in [5.74, 6) is 1.92. The Morgan fingerprint density at radius 1 is 0.258 bits per heavy atom. The summed E-state index contributed by atoms with van der Waals surface area (Å²) in [5, 5.41) is 4.89. The van der Waals surface area contributed by atoms with Gasteiger partial charge in [0.2, 0.25) is 0 Å². The monoisotopic (exact) mass is 825 g/mol. The van der Waals surface area contributed by atoms with Gasteiger partial charge in [-0.3, -0.25) is 0 Å². The van der Waals surface area contributed by atoms with Crippen molar-refractivity contribution >= 4 is 63.0 Å². The zero-order valence-corrected chi connectivity index (χ0v) is 35.0. The van der Waals surface area contributed by atoms with Gasteiger partial charge in [-0.25, -0.2) is 15.0 Å². The summed E-state index contributed by atoms with van der Waals surface area (Å²) in [6.45, 7) is 0. The van der Waals surface area contributed by atoms with Crippen LogP contribution >= 0.6 is 22.7 Å². The van der Waals surface area contributed by atoms with E-state index in [2.05, 4.69) is 212 Å². The molecule has 3 aromatic heterocycles. The SMILES string of the molecule is c1ccc(-c2ccc(-c3c(-c4ccccc4)cc(-c4ccccc4)cc3-c3nc(-c4cccc5c4sc4ccccc45)nc(-c4cccc5c4sc4ccccc45)n3)cc2)cc1. The summed E-state index contributed by atoms with van der Waals surface area (Å²) in [5.41, 5.74) is 11.9. The summed E-state index contributed by atoms with van der Waals surface area (Å²) in [6.07, 6.45) is 0. The average Bonchev–Trinajstić information content (AvgIpc) is 3.93. The van der Waals surface area contributed by atoms with Crippen LogP contribution in [0.2, 0.25) is 0 Å². The molecule has 5 heteroatoms. The lowest BCUT2D eigenvalue weighted by atomic mass is 9.86. The summed E-state index contributed by atoms with van der Waals surface area (Å²) < 4.78 is 4.81. The van der Waals surface area contributed by atoms with Crippen molar-refractivity contribution in [1.29, 1.82) is 0 Å². The van der Waals surface area contributed by atoms with E-state index in [4.69, 9.17) is 15.0 Å². The van der Waals surface area contributed by atoms with Crippen LogP contribution in [0.4, 0.5) is 0 Å². The Balaban J connectivity index is 1.18. The van der Waals surface area contributed by atoms with E-state index in [1.165, 1.54) is 36.5 Å². The van der Waals surface area contributed by atoms with E-state index in [0.717, 1.165) is 65.0 Å². The zero-order chi connectivity index (χ0) is 41.0. The molecule has 0 spiro atoms. The topological polar surface area (TPSA) is 38.7 Å². The number of hydrogen-bond donors (Lipinski definition) is 0. The largest absolute Gasteiger partial charge is 0.208 e. The Morgan fingerprint density at radius 3 is 1.18 bits per heavy atom. The number of hydrogen-bond acceptors (Lipinski definition) is 5. The fourth-order valence-corrected chi connectivity index (χ4v) is 11.2. The summed E-state index contributed by atoms with van der Waals surface area (Å²) in [4.78, 5) is 16.5. The average molecular weight is 826 g/mol. The van der Waals surface area contributed by atoms with Crippen LogP contribution in [-0.4, -0.2) is 15.0 Å². The third-order valence-corrected chi connectivity index (χ3v) is 14.2. The molecule has 0 bridgehead atoms. The first-order valence-electron chi connectivity index (χ1n) is 20.8. The second-order valence-corrected chi connectivity index (χ2v) is 17.6. The maximum Gasteiger partial charge on any atom is 0.165 e. The van der Waals surface area contributed by atoms with Gasteiger partial charge in [-0.05, 0) is 75.3 Å². The molecule has 3 heterocycles. The van der Waals surface area contributed by atoms with Gasteiger partial charge < -0.3 is 0 Å². The highest BCUT2D eigenvalue weighted by atomic mass is 32.1. The van der Waals surface area contributed by atoms with Crippen molar-refractivity contribution in [2.24, 2.45) is 0 Å². The van der Waals surface area contributed by atoms with Gasteiger partial charge in [-0.1, -0.05) is 176 Å². The van der Waals surface area contributed by atoms with Gasteiger partial charge in [-0.15, -0.1) is 22.7 Å². The highest BCUT2D eigenvalue weighted by Crippen LogP contribution is 2.46. The Hall–Kier alpha value is -7.57. The maximum atomic E-state index is 5.55. The Morgan fingerprint density at radius 2 is 0.645 bits per heavy atom. The fourth-order valence-electron chi connectivity index (χ4n) is 8.82. The van der Waals surface area contributed by atoms with Gasteiger partial charge in [-0.2, -0.15) is 0 Å². The van der Waals surface area contributed by atoms with Gasteiger partial charge in [0.05, 0.1) is 0 Å². The van der Waals surface area contributed by atoms with Crippen molar-refractivity contribution in [1.82, 2.24) is 15.0 Å². The quantitative estimate of drug-likeness (QED) is 0.161. The van der Waals surface area contributed by atoms with Crippen molar-refractivity contribution in [2.45, 2.75) is 0 Å². The standard InChI is InChI=1S/C57H35N3S2/c1-4-16-36(17-5-1)38-30-32-40(33-31-38)52-48(39-20-8-3-9-21-39)34-41(37-18-6-2-7-19-37)35-49(52)57-59-55(46-26-14-24-44-42-22-10-12-28-50(42)61-53(44)46)58-56(60-57)47-27-15-25-45-43-23-11-13-29-51(43)62-54(45)47/h1-35H. The predicted molar refractivity (Wildman–Crippen MR) is 264 cm³/mol. The van der Waals surface area contributed by atoms with Crippen LogP contribution in [0.5, 0.6) is 0 Å². The first kappa shape index (κ1) is 36.3. The molecule has 12 rings (SSSR count). The van der Waals surface area contributed by atoms with Gasteiger partial charge in [0.15, 0.2) is 17.5 Å². The van der Waals surface area contributed by atoms with E-state index in [-0.39, 0.29) is 0 Å². The molecule has 0 saturated heterocycles. The lowest BCUT2D eigenvalue weighted by Gasteiger charge is -2.19. The first-order valence-corrected chi connectivity index (χ1v) is 22.4. The second kappa shape index (κ2) is 15.2. The number of benzene rings is 9. The van der Waals surface area contributed by atoms with Crippen molar-refractivity contribution in [3.05, 3.63) is 212 Å². The number of rotatable bonds is 7. The van der Waals surface area contributed by atoms with E-state index in [1.54, 1.807) is 22.7 Å². The third kappa shape index (κ3) is 6.29. The molecule has 9 aromatic carbocycles. The molecular formula is C57H35N3S2. The van der Waals surface area contributed by atoms with Gasteiger partial charge in [0, 0.05) is 62.6 Å². The van der Waals surface area contributed by atoms with Crippen LogP contribution in [0.1, 0.15) is 0 Å². The fraction of sp³-hybridized carbons (Fsp3) is 0. The van der Waals surface area contributed by atoms with E-state index >= 15 is 0 Å². The minimum atomic E-state index is 0.623. The molecule has 62 heavy (non-hydrogen) atoms. The van der Waals surface area contributed by atoms with Gasteiger partial charge in [0.25, 0.3) is 0 Å². The molecule has 0 radical (unpaired) electrons. The molecule has 0 atom stereocenters. The van der Waals surface area contributed by atoms with Crippen molar-refractivity contribution < 1.29 is 0 Å². The molecular weight excluding hydrogens is 791 g/mol. The lowest BCUT2D eigenvalue weighted by molar-refractivity contribution is 1.08. The molecule has 0 aliphatic carbocycles. The predicted octanol–water partition coefficient (Wildman–Crippen LogP) is 16.3. The van der Waals surface area contributed by atoms with E-state index < -0.39 is 0 Å². The zero-order valence-electron chi connectivity index (χ0n) is 33.4. The van der Waals surface area contributed by atoms with Gasteiger partial charge in [0.1, 0.15) is 0 Å². The molecule has 0 unspecified atom stereocenters. The summed E-state index contributed by atoms with van der Waals surface area (Å²) >= 11 is 3.59. The molecule has 0 saturated carbocycles. The van der Waals surface area contributed by atoms with Crippen molar-refractivity contribution in [3.8, 4) is 78.7 Å². The van der Waals surface area contributed by atoms with Crippen LogP contribution in [0.3, 0.4) is 0 Å². The molecule has 0 aliphatic rings. The van der Waals surface area contributed by atoms with E-state index in [9.17, 15) is 0 Å². The smallest absolute Gasteiger partial charge is 0.165 e. The van der Waals surface area contributed by atoms with E-state index in [0.29, 0.717) is 17.5 Å². The first-order chi connectivity index (χ1) is 30.7. The Kier molecular flexibility index (Phi) is 8.87. The Bertz CT molecular complexity index is 3480.